The highest BCUT2D eigenvalue weighted by molar-refractivity contribution is 7.00. The molecule has 22 heavy (non-hydrogen) atoms. The van der Waals surface area contributed by atoms with E-state index in [2.05, 4.69) is 23.7 Å². The van der Waals surface area contributed by atoms with Crippen LogP contribution in [-0.4, -0.2) is 28.3 Å². The van der Waals surface area contributed by atoms with Gasteiger partial charge in [0, 0.05) is 5.02 Å². The molecule has 0 aliphatic carbocycles. The molecule has 1 aromatic carbocycles. The fourth-order valence-electron chi connectivity index (χ4n) is 2.20. The van der Waals surface area contributed by atoms with Crippen molar-refractivity contribution in [1.82, 2.24) is 28.3 Å². The summed E-state index contributed by atoms with van der Waals surface area (Å²) in [6.45, 7) is 0.468. The van der Waals surface area contributed by atoms with Gasteiger partial charge in [-0.2, -0.15) is 18.7 Å². The topological polar surface area (TPSA) is 95.4 Å². The molecular weight excluding hydrogens is 345 g/mol. The molecular formula is C12H7Cl2N7S. The number of benzene rings is 1. The Labute approximate surface area is 138 Å². The van der Waals surface area contributed by atoms with Crippen molar-refractivity contribution in [3.05, 3.63) is 34.2 Å². The van der Waals surface area contributed by atoms with Gasteiger partial charge in [0.25, 0.3) is 0 Å². The number of fused-ring (bicyclic) bond motifs is 2. The van der Waals surface area contributed by atoms with Crippen molar-refractivity contribution in [1.29, 1.82) is 0 Å². The van der Waals surface area contributed by atoms with E-state index in [1.54, 1.807) is 12.4 Å². The van der Waals surface area contributed by atoms with Crippen molar-refractivity contribution < 1.29 is 0 Å². The first-order chi connectivity index (χ1) is 10.6. The molecule has 0 fully saturated rings. The van der Waals surface area contributed by atoms with Crippen LogP contribution in [0.15, 0.2) is 18.5 Å². The van der Waals surface area contributed by atoms with Gasteiger partial charge in [-0.15, -0.1) is 0 Å². The van der Waals surface area contributed by atoms with Gasteiger partial charge < -0.3 is 10.3 Å². The molecule has 4 rings (SSSR count). The van der Waals surface area contributed by atoms with Gasteiger partial charge in [-0.05, 0) is 17.7 Å². The van der Waals surface area contributed by atoms with Gasteiger partial charge in [-0.3, -0.25) is 0 Å². The summed E-state index contributed by atoms with van der Waals surface area (Å²) in [6.07, 6.45) is 1.63. The average Bonchev–Trinajstić information content (AvgIpc) is 3.06. The van der Waals surface area contributed by atoms with Gasteiger partial charge in [0.15, 0.2) is 10.8 Å². The van der Waals surface area contributed by atoms with E-state index < -0.39 is 0 Å². The van der Waals surface area contributed by atoms with Crippen LogP contribution in [0.5, 0.6) is 0 Å². The second-order valence-electron chi connectivity index (χ2n) is 4.61. The minimum atomic E-state index is 0.101. The second-order valence-corrected chi connectivity index (χ2v) is 5.91. The van der Waals surface area contributed by atoms with Crippen LogP contribution in [0.3, 0.4) is 0 Å². The van der Waals surface area contributed by atoms with E-state index >= 15 is 0 Å². The summed E-state index contributed by atoms with van der Waals surface area (Å²) in [5, 5.41) is 0.835. The highest BCUT2D eigenvalue weighted by Gasteiger charge is 2.13. The van der Waals surface area contributed by atoms with Gasteiger partial charge in [-0.1, -0.05) is 23.2 Å². The first-order valence-corrected chi connectivity index (χ1v) is 7.65. The molecule has 0 aliphatic heterocycles. The molecule has 2 N–H and O–H groups in total. The van der Waals surface area contributed by atoms with E-state index in [-0.39, 0.29) is 11.1 Å². The van der Waals surface area contributed by atoms with Gasteiger partial charge in [-0.25, -0.2) is 4.98 Å². The van der Waals surface area contributed by atoms with Crippen LogP contribution in [-0.2, 0) is 6.54 Å². The third kappa shape index (κ3) is 2.16. The van der Waals surface area contributed by atoms with Gasteiger partial charge >= 0.3 is 0 Å². The van der Waals surface area contributed by atoms with E-state index in [0.29, 0.717) is 22.7 Å². The maximum Gasteiger partial charge on any atom is 0.223 e. The molecule has 110 valence electrons. The van der Waals surface area contributed by atoms with Crippen molar-refractivity contribution >= 4 is 63.1 Å². The van der Waals surface area contributed by atoms with Crippen LogP contribution >= 0.6 is 34.9 Å². The molecule has 4 aromatic rings. The fraction of sp³-hybridized carbons (Fsp3) is 0.0833. The lowest BCUT2D eigenvalue weighted by atomic mass is 10.2. The number of anilines is 1. The lowest BCUT2D eigenvalue weighted by molar-refractivity contribution is 0.815. The van der Waals surface area contributed by atoms with Crippen molar-refractivity contribution in [2.24, 2.45) is 0 Å². The molecule has 10 heteroatoms. The van der Waals surface area contributed by atoms with Crippen LogP contribution in [0.25, 0.3) is 22.2 Å². The van der Waals surface area contributed by atoms with Crippen molar-refractivity contribution in [2.45, 2.75) is 6.54 Å². The molecule has 3 aromatic heterocycles. The zero-order valence-electron chi connectivity index (χ0n) is 10.9. The summed E-state index contributed by atoms with van der Waals surface area (Å²) in [5.41, 5.74) is 9.18. The van der Waals surface area contributed by atoms with Crippen LogP contribution in [0.4, 0.5) is 5.95 Å². The minimum Gasteiger partial charge on any atom is -0.368 e. The third-order valence-corrected chi connectivity index (χ3v) is 4.37. The van der Waals surface area contributed by atoms with E-state index in [4.69, 9.17) is 28.9 Å². The molecule has 0 spiro atoms. The number of hydrogen-bond donors (Lipinski definition) is 1. The highest BCUT2D eigenvalue weighted by atomic mass is 35.5. The van der Waals surface area contributed by atoms with Crippen LogP contribution in [0, 0.1) is 0 Å². The number of nitrogens with zero attached hydrogens (tertiary/aromatic N) is 6. The number of rotatable bonds is 2. The lowest BCUT2D eigenvalue weighted by Gasteiger charge is -2.06. The number of imidazole rings is 1. The molecule has 0 bridgehead atoms. The number of aromatic nitrogens is 6. The highest BCUT2D eigenvalue weighted by Crippen LogP contribution is 2.25. The summed E-state index contributed by atoms with van der Waals surface area (Å²) < 4.78 is 10.2. The largest absolute Gasteiger partial charge is 0.368 e. The summed E-state index contributed by atoms with van der Waals surface area (Å²) >= 11 is 13.5. The lowest BCUT2D eigenvalue weighted by Crippen LogP contribution is -2.03. The standard InChI is InChI=1S/C12H7Cl2N7S/c13-6-2-8-7(19-22-20-8)1-5(6)3-21-4-16-9-10(14)17-12(15)18-11(9)21/h1-2,4H,3H2,(H2,15,17,18). The Morgan fingerprint density at radius 2 is 1.91 bits per heavy atom. The van der Waals surface area contributed by atoms with Crippen LogP contribution in [0.1, 0.15) is 5.56 Å². The second kappa shape index (κ2) is 5.01. The molecule has 0 saturated heterocycles. The molecule has 0 saturated carbocycles. The zero-order valence-corrected chi connectivity index (χ0v) is 13.2. The van der Waals surface area contributed by atoms with Crippen molar-refractivity contribution in [2.75, 3.05) is 5.73 Å². The number of halogens is 2. The maximum absolute atomic E-state index is 6.31. The maximum atomic E-state index is 6.31. The minimum absolute atomic E-state index is 0.101. The summed E-state index contributed by atoms with van der Waals surface area (Å²) in [7, 11) is 0. The Bertz CT molecular complexity index is 1010. The first kappa shape index (κ1) is 13.6. The normalized spacial score (nSPS) is 11.5. The molecule has 0 atom stereocenters. The fourth-order valence-corrected chi connectivity index (χ4v) is 3.14. The molecule has 0 aliphatic rings. The van der Waals surface area contributed by atoms with Crippen molar-refractivity contribution in [3.63, 3.8) is 0 Å². The molecule has 7 nitrogen and oxygen atoms in total. The average molecular weight is 352 g/mol. The van der Waals surface area contributed by atoms with Crippen LogP contribution in [0.2, 0.25) is 10.2 Å². The predicted molar refractivity (Wildman–Crippen MR) is 86.3 cm³/mol. The summed E-state index contributed by atoms with van der Waals surface area (Å²) in [5.74, 6) is 0.101. The SMILES string of the molecule is Nc1nc(Cl)c2ncn(Cc3cc4nsnc4cc3Cl)c2n1. The molecule has 0 amide bonds. The van der Waals surface area contributed by atoms with Crippen molar-refractivity contribution in [3.8, 4) is 0 Å². The smallest absolute Gasteiger partial charge is 0.223 e. The number of nitrogen functional groups attached to an aromatic ring is 1. The molecule has 0 unspecified atom stereocenters. The Hall–Kier alpha value is -2.03. The van der Waals surface area contributed by atoms with Gasteiger partial charge in [0.1, 0.15) is 16.6 Å². The van der Waals surface area contributed by atoms with Gasteiger partial charge in [0.05, 0.1) is 24.6 Å². The van der Waals surface area contributed by atoms with E-state index in [0.717, 1.165) is 28.3 Å². The van der Waals surface area contributed by atoms with E-state index in [1.807, 2.05) is 10.6 Å². The number of hydrogen-bond acceptors (Lipinski definition) is 7. The predicted octanol–water partition coefficient (Wildman–Crippen LogP) is 2.77. The van der Waals surface area contributed by atoms with Gasteiger partial charge in [0.2, 0.25) is 5.95 Å². The molecule has 3 heterocycles. The third-order valence-electron chi connectivity index (χ3n) is 3.20. The zero-order chi connectivity index (χ0) is 15.3. The first-order valence-electron chi connectivity index (χ1n) is 6.16. The Morgan fingerprint density at radius 3 is 2.73 bits per heavy atom. The molecule has 0 radical (unpaired) electrons. The summed E-state index contributed by atoms with van der Waals surface area (Å²) in [6, 6.07) is 3.70. The quantitative estimate of drug-likeness (QED) is 0.558. The van der Waals surface area contributed by atoms with Crippen LogP contribution < -0.4 is 5.73 Å². The Kier molecular flexibility index (Phi) is 3.10. The number of nitrogens with two attached hydrogens (primary N) is 1. The summed E-state index contributed by atoms with van der Waals surface area (Å²) in [4.78, 5) is 12.3. The Morgan fingerprint density at radius 1 is 1.14 bits per heavy atom. The Balaban J connectivity index is 1.83. The van der Waals surface area contributed by atoms with E-state index in [9.17, 15) is 0 Å². The monoisotopic (exact) mass is 351 g/mol. The van der Waals surface area contributed by atoms with E-state index in [1.165, 1.54) is 0 Å².